The topological polar surface area (TPSA) is 61.2 Å². The maximum Gasteiger partial charge on any atom is 0.243 e. The van der Waals surface area contributed by atoms with E-state index in [-0.39, 0.29) is 21.5 Å². The lowest BCUT2D eigenvalue weighted by molar-refractivity contribution is 0.385. The zero-order valence-electron chi connectivity index (χ0n) is 11.6. The van der Waals surface area contributed by atoms with Crippen LogP contribution in [0.3, 0.4) is 0 Å². The van der Waals surface area contributed by atoms with Crippen molar-refractivity contribution < 1.29 is 8.42 Å². The predicted octanol–water partition coefficient (Wildman–Crippen LogP) is 2.97. The number of thioether (sulfide) groups is 1. The van der Waals surface area contributed by atoms with E-state index in [1.54, 1.807) is 18.8 Å². The van der Waals surface area contributed by atoms with Gasteiger partial charge in [-0.1, -0.05) is 18.5 Å². The summed E-state index contributed by atoms with van der Waals surface area (Å²) in [6, 6.07) is 6.03. The Bertz CT molecular complexity index is 611. The Morgan fingerprint density at radius 3 is 2.60 bits per heavy atom. The zero-order chi connectivity index (χ0) is 15.3. The lowest BCUT2D eigenvalue weighted by Crippen LogP contribution is -2.38. The molecule has 0 saturated heterocycles. The highest BCUT2D eigenvalue weighted by Gasteiger charge is 2.27. The van der Waals surface area contributed by atoms with E-state index >= 15 is 0 Å². The van der Waals surface area contributed by atoms with Crippen molar-refractivity contribution in [3.8, 4) is 6.07 Å². The van der Waals surface area contributed by atoms with Crippen molar-refractivity contribution in [2.75, 3.05) is 19.1 Å². The molecule has 1 aromatic rings. The molecular weight excluding hydrogens is 316 g/mol. The van der Waals surface area contributed by atoms with Crippen LogP contribution in [0.4, 0.5) is 0 Å². The van der Waals surface area contributed by atoms with Crippen LogP contribution in [-0.4, -0.2) is 37.8 Å². The Balaban J connectivity index is 3.16. The fourth-order valence-electron chi connectivity index (χ4n) is 1.78. The Morgan fingerprint density at radius 2 is 2.15 bits per heavy atom. The third-order valence-corrected chi connectivity index (χ3v) is 6.02. The average Bonchev–Trinajstić information content (AvgIpc) is 2.43. The van der Waals surface area contributed by atoms with E-state index < -0.39 is 10.0 Å². The number of nitriles is 1. The number of halogens is 1. The highest BCUT2D eigenvalue weighted by atomic mass is 35.5. The van der Waals surface area contributed by atoms with Crippen LogP contribution in [0.2, 0.25) is 5.02 Å². The Labute approximate surface area is 129 Å². The summed E-state index contributed by atoms with van der Waals surface area (Å²) >= 11 is 7.51. The summed E-state index contributed by atoms with van der Waals surface area (Å²) in [4.78, 5) is 0.114. The van der Waals surface area contributed by atoms with Gasteiger partial charge in [-0.25, -0.2) is 8.42 Å². The van der Waals surface area contributed by atoms with E-state index in [0.717, 1.165) is 12.2 Å². The van der Waals surface area contributed by atoms with Gasteiger partial charge in [-0.15, -0.1) is 0 Å². The molecule has 0 aliphatic carbocycles. The van der Waals surface area contributed by atoms with Crippen molar-refractivity contribution in [1.82, 2.24) is 4.31 Å². The molecule has 0 spiro atoms. The van der Waals surface area contributed by atoms with E-state index in [2.05, 4.69) is 0 Å². The summed E-state index contributed by atoms with van der Waals surface area (Å²) in [5.74, 6) is 0.732. The van der Waals surface area contributed by atoms with Crippen LogP contribution < -0.4 is 0 Å². The maximum absolute atomic E-state index is 12.5. The molecule has 1 atom stereocenters. The first-order valence-electron chi connectivity index (χ1n) is 6.05. The molecular formula is C13H17ClN2O2S2. The zero-order valence-corrected chi connectivity index (χ0v) is 14.0. The number of nitrogens with zero attached hydrogens (tertiary/aromatic N) is 2. The average molecular weight is 333 g/mol. The molecule has 0 heterocycles. The second-order valence-electron chi connectivity index (χ2n) is 4.29. The highest BCUT2D eigenvalue weighted by Crippen LogP contribution is 2.24. The number of sulfonamides is 1. The molecule has 4 nitrogen and oxygen atoms in total. The van der Waals surface area contributed by atoms with Crippen LogP contribution in [-0.2, 0) is 10.0 Å². The summed E-state index contributed by atoms with van der Waals surface area (Å²) in [6.07, 6.45) is 2.68. The van der Waals surface area contributed by atoms with Crippen LogP contribution in [0.15, 0.2) is 23.1 Å². The van der Waals surface area contributed by atoms with Crippen molar-refractivity contribution >= 4 is 33.4 Å². The first kappa shape index (κ1) is 17.3. The lowest BCUT2D eigenvalue weighted by Gasteiger charge is -2.26. The third-order valence-electron chi connectivity index (χ3n) is 3.08. The quantitative estimate of drug-likeness (QED) is 0.803. The van der Waals surface area contributed by atoms with Crippen LogP contribution in [0.25, 0.3) is 0 Å². The Morgan fingerprint density at radius 1 is 1.50 bits per heavy atom. The third kappa shape index (κ3) is 3.67. The molecule has 0 aliphatic rings. The van der Waals surface area contributed by atoms with Gasteiger partial charge in [-0.3, -0.25) is 0 Å². The minimum Gasteiger partial charge on any atom is -0.207 e. The molecule has 0 aromatic heterocycles. The predicted molar refractivity (Wildman–Crippen MR) is 83.6 cm³/mol. The molecule has 20 heavy (non-hydrogen) atoms. The smallest absolute Gasteiger partial charge is 0.207 e. The van der Waals surface area contributed by atoms with Crippen molar-refractivity contribution in [2.24, 2.45) is 0 Å². The summed E-state index contributed by atoms with van der Waals surface area (Å²) < 4.78 is 26.4. The normalized spacial score (nSPS) is 13.2. The van der Waals surface area contributed by atoms with Crippen molar-refractivity contribution in [3.05, 3.63) is 28.8 Å². The number of benzene rings is 1. The molecule has 1 unspecified atom stereocenters. The molecule has 0 radical (unpaired) electrons. The summed E-state index contributed by atoms with van der Waals surface area (Å²) in [7, 11) is -2.02. The van der Waals surface area contributed by atoms with Gasteiger partial charge in [0.25, 0.3) is 0 Å². The largest absolute Gasteiger partial charge is 0.243 e. The molecule has 7 heteroatoms. The summed E-state index contributed by atoms with van der Waals surface area (Å²) in [6.45, 7) is 1.96. The molecule has 0 aliphatic heterocycles. The van der Waals surface area contributed by atoms with Gasteiger partial charge in [0.15, 0.2) is 0 Å². The van der Waals surface area contributed by atoms with Gasteiger partial charge >= 0.3 is 0 Å². The van der Waals surface area contributed by atoms with Crippen LogP contribution in [0.1, 0.15) is 18.9 Å². The van der Waals surface area contributed by atoms with Crippen molar-refractivity contribution in [1.29, 1.82) is 5.26 Å². The molecule has 0 saturated carbocycles. The van der Waals surface area contributed by atoms with Crippen molar-refractivity contribution in [3.63, 3.8) is 0 Å². The summed E-state index contributed by atoms with van der Waals surface area (Å²) in [5.41, 5.74) is 0.268. The molecule has 0 bridgehead atoms. The minimum absolute atomic E-state index is 0.0654. The minimum atomic E-state index is -3.59. The van der Waals surface area contributed by atoms with Crippen molar-refractivity contribution in [2.45, 2.75) is 24.3 Å². The molecule has 110 valence electrons. The second-order valence-corrected chi connectivity index (χ2v) is 7.61. The molecule has 0 fully saturated rings. The van der Waals surface area contributed by atoms with Gasteiger partial charge in [0.1, 0.15) is 6.07 Å². The van der Waals surface area contributed by atoms with E-state index in [9.17, 15) is 8.42 Å². The summed E-state index contributed by atoms with van der Waals surface area (Å²) in [5, 5.41) is 8.97. The van der Waals surface area contributed by atoms with E-state index in [0.29, 0.717) is 0 Å². The fourth-order valence-corrected chi connectivity index (χ4v) is 4.46. The van der Waals surface area contributed by atoms with E-state index in [1.807, 2.05) is 19.2 Å². The van der Waals surface area contributed by atoms with E-state index in [1.165, 1.54) is 22.5 Å². The molecule has 0 amide bonds. The van der Waals surface area contributed by atoms with Gasteiger partial charge < -0.3 is 0 Å². The van der Waals surface area contributed by atoms with Gasteiger partial charge in [0.05, 0.1) is 15.5 Å². The van der Waals surface area contributed by atoms with Crippen LogP contribution in [0, 0.1) is 11.3 Å². The Hall–Kier alpha value is -0.740. The molecule has 0 N–H and O–H groups in total. The number of hydrogen-bond donors (Lipinski definition) is 0. The fraction of sp³-hybridized carbons (Fsp3) is 0.462. The van der Waals surface area contributed by atoms with Crippen LogP contribution in [0.5, 0.6) is 0 Å². The SMILES string of the molecule is CCC(CSC)N(C)S(=O)(=O)c1ccc(C#N)c(Cl)c1. The first-order chi connectivity index (χ1) is 9.38. The highest BCUT2D eigenvalue weighted by molar-refractivity contribution is 7.98. The first-order valence-corrected chi connectivity index (χ1v) is 9.26. The molecule has 1 rings (SSSR count). The van der Waals surface area contributed by atoms with Gasteiger partial charge in [0, 0.05) is 18.8 Å². The second kappa shape index (κ2) is 7.32. The lowest BCUT2D eigenvalue weighted by atomic mass is 10.2. The van der Waals surface area contributed by atoms with Gasteiger partial charge in [0.2, 0.25) is 10.0 Å². The Kier molecular flexibility index (Phi) is 6.34. The maximum atomic E-state index is 12.5. The molecule has 1 aromatic carbocycles. The van der Waals surface area contributed by atoms with Crippen LogP contribution >= 0.6 is 23.4 Å². The number of rotatable bonds is 6. The monoisotopic (exact) mass is 332 g/mol. The standard InChI is InChI=1S/C13H17ClN2O2S2/c1-4-11(9-19-3)16(2)20(17,18)12-6-5-10(8-15)13(14)7-12/h5-7,11H,4,9H2,1-3H3. The van der Waals surface area contributed by atoms with E-state index in [4.69, 9.17) is 16.9 Å². The van der Waals surface area contributed by atoms with Gasteiger partial charge in [-0.2, -0.15) is 21.3 Å². The van der Waals surface area contributed by atoms with Gasteiger partial charge in [-0.05, 0) is 30.9 Å². The number of hydrogen-bond acceptors (Lipinski definition) is 4.